The van der Waals surface area contributed by atoms with Crippen LogP contribution in [0.25, 0.3) is 11.0 Å². The van der Waals surface area contributed by atoms with Crippen molar-refractivity contribution in [3.8, 4) is 5.75 Å². The van der Waals surface area contributed by atoms with Gasteiger partial charge in [-0.05, 0) is 86.3 Å². The molecule has 4 rings (SSSR count). The quantitative estimate of drug-likeness (QED) is 0.265. The topological polar surface area (TPSA) is 56.1 Å². The number of nitrogens with zero attached hydrogens (tertiary/aromatic N) is 2. The third-order valence-electron chi connectivity index (χ3n) is 5.93. The minimum absolute atomic E-state index is 0.225. The van der Waals surface area contributed by atoms with E-state index in [4.69, 9.17) is 21.3 Å². The molecule has 3 aromatic carbocycles. The van der Waals surface area contributed by atoms with Crippen LogP contribution in [-0.4, -0.2) is 28.6 Å². The number of amides is 1. The van der Waals surface area contributed by atoms with Crippen molar-refractivity contribution in [2.75, 3.05) is 13.2 Å². The van der Waals surface area contributed by atoms with Gasteiger partial charge in [0.05, 0.1) is 17.6 Å². The molecule has 5 nitrogen and oxygen atoms in total. The number of aryl methyl sites for hydroxylation is 3. The van der Waals surface area contributed by atoms with Crippen molar-refractivity contribution >= 4 is 28.5 Å². The predicted octanol–water partition coefficient (Wildman–Crippen LogP) is 6.28. The van der Waals surface area contributed by atoms with Gasteiger partial charge in [0.15, 0.2) is 0 Å². The summed E-state index contributed by atoms with van der Waals surface area (Å²) in [6.45, 7) is 5.84. The highest BCUT2D eigenvalue weighted by atomic mass is 35.5. The number of nitrogens with one attached hydrogen (secondary N) is 1. The zero-order valence-corrected chi connectivity index (χ0v) is 20.7. The number of hydrogen-bond acceptors (Lipinski definition) is 3. The van der Waals surface area contributed by atoms with Gasteiger partial charge >= 0.3 is 0 Å². The first-order chi connectivity index (χ1) is 16.9. The summed E-state index contributed by atoms with van der Waals surface area (Å²) in [6, 6.07) is 17.5. The van der Waals surface area contributed by atoms with Gasteiger partial charge in [-0.3, -0.25) is 4.79 Å². The summed E-state index contributed by atoms with van der Waals surface area (Å²) in [5.41, 5.74) is 4.49. The van der Waals surface area contributed by atoms with Gasteiger partial charge in [-0.15, -0.1) is 0 Å². The normalized spacial score (nSPS) is 11.1. The summed E-state index contributed by atoms with van der Waals surface area (Å²) in [5.74, 6) is 1.18. The molecule has 0 radical (unpaired) electrons. The Hall–Kier alpha value is -3.38. The molecule has 0 aliphatic carbocycles. The lowest BCUT2D eigenvalue weighted by atomic mass is 10.1. The van der Waals surface area contributed by atoms with Crippen LogP contribution in [-0.2, 0) is 13.0 Å². The first-order valence-electron chi connectivity index (χ1n) is 11.8. The molecule has 1 amide bonds. The van der Waals surface area contributed by atoms with Crippen LogP contribution < -0.4 is 10.1 Å². The maximum Gasteiger partial charge on any atom is 0.251 e. The average molecular weight is 494 g/mol. The summed E-state index contributed by atoms with van der Waals surface area (Å²) >= 11 is 6.24. The first kappa shape index (κ1) is 24.7. The monoisotopic (exact) mass is 493 g/mol. The standard InChI is InChI=1S/C28H29ClFN3O2/c1-19-17-23(18-20(2)27(19)29)35-16-6-5-15-33-25-8-4-3-7-24(25)32-26(33)13-14-31-28(34)21-9-11-22(30)12-10-21/h3-4,7-12,17-18H,5-6,13-16H2,1-2H3,(H,31,34). The largest absolute Gasteiger partial charge is 0.494 e. The Kier molecular flexibility index (Phi) is 8.03. The van der Waals surface area contributed by atoms with Crippen molar-refractivity contribution in [3.63, 3.8) is 0 Å². The Labute approximate surface area is 209 Å². The van der Waals surface area contributed by atoms with Crippen LogP contribution in [0.1, 0.15) is 40.2 Å². The second-order valence-corrected chi connectivity index (χ2v) is 8.99. The van der Waals surface area contributed by atoms with Gasteiger partial charge in [0.25, 0.3) is 5.91 Å². The fourth-order valence-corrected chi connectivity index (χ4v) is 4.22. The molecule has 0 unspecified atom stereocenters. The molecule has 0 saturated carbocycles. The zero-order chi connectivity index (χ0) is 24.8. The highest BCUT2D eigenvalue weighted by Crippen LogP contribution is 2.26. The Morgan fingerprint density at radius 2 is 1.77 bits per heavy atom. The lowest BCUT2D eigenvalue weighted by Gasteiger charge is -2.12. The van der Waals surface area contributed by atoms with E-state index in [0.717, 1.165) is 58.1 Å². The summed E-state index contributed by atoms with van der Waals surface area (Å²) in [6.07, 6.45) is 2.43. The maximum absolute atomic E-state index is 13.1. The summed E-state index contributed by atoms with van der Waals surface area (Å²) in [4.78, 5) is 17.1. The fraction of sp³-hybridized carbons (Fsp3) is 0.286. The molecule has 0 saturated heterocycles. The van der Waals surface area contributed by atoms with Crippen LogP contribution in [0.4, 0.5) is 4.39 Å². The smallest absolute Gasteiger partial charge is 0.251 e. The number of carbonyl (C=O) groups is 1. The van der Waals surface area contributed by atoms with Gasteiger partial charge in [-0.2, -0.15) is 0 Å². The summed E-state index contributed by atoms with van der Waals surface area (Å²) in [7, 11) is 0. The second kappa shape index (κ2) is 11.4. The van der Waals surface area contributed by atoms with Gasteiger partial charge < -0.3 is 14.6 Å². The zero-order valence-electron chi connectivity index (χ0n) is 20.0. The van der Waals surface area contributed by atoms with Crippen molar-refractivity contribution in [3.05, 3.63) is 94.0 Å². The number of imidazole rings is 1. The molecule has 1 N–H and O–H groups in total. The fourth-order valence-electron chi connectivity index (χ4n) is 4.11. The van der Waals surface area contributed by atoms with Crippen LogP contribution in [0, 0.1) is 19.7 Å². The first-order valence-corrected chi connectivity index (χ1v) is 12.2. The number of hydrogen-bond donors (Lipinski definition) is 1. The van der Waals surface area contributed by atoms with Gasteiger partial charge in [-0.1, -0.05) is 23.7 Å². The number of benzene rings is 3. The SMILES string of the molecule is Cc1cc(OCCCCn2c(CCNC(=O)c3ccc(F)cc3)nc3ccccc32)cc(C)c1Cl. The predicted molar refractivity (Wildman–Crippen MR) is 138 cm³/mol. The van der Waals surface area contributed by atoms with Gasteiger partial charge in [0.2, 0.25) is 0 Å². The molecule has 0 bridgehead atoms. The maximum atomic E-state index is 13.1. The number of halogens is 2. The molecule has 0 fully saturated rings. The van der Waals surface area contributed by atoms with E-state index >= 15 is 0 Å². The minimum Gasteiger partial charge on any atom is -0.494 e. The molecule has 0 aliphatic heterocycles. The Morgan fingerprint density at radius 3 is 2.51 bits per heavy atom. The van der Waals surface area contributed by atoms with E-state index in [2.05, 4.69) is 16.0 Å². The molecular formula is C28H29ClFN3O2. The molecular weight excluding hydrogens is 465 g/mol. The van der Waals surface area contributed by atoms with Crippen LogP contribution >= 0.6 is 11.6 Å². The lowest BCUT2D eigenvalue weighted by molar-refractivity contribution is 0.0954. The summed E-state index contributed by atoms with van der Waals surface area (Å²) < 4.78 is 21.3. The Balaban J connectivity index is 1.33. The number of fused-ring (bicyclic) bond motifs is 1. The molecule has 0 aliphatic rings. The van der Waals surface area contributed by atoms with E-state index in [0.29, 0.717) is 25.1 Å². The highest BCUT2D eigenvalue weighted by molar-refractivity contribution is 6.32. The highest BCUT2D eigenvalue weighted by Gasteiger charge is 2.12. The van der Waals surface area contributed by atoms with E-state index in [1.807, 2.05) is 44.2 Å². The Morgan fingerprint density at radius 1 is 1.06 bits per heavy atom. The number of rotatable bonds is 10. The van der Waals surface area contributed by atoms with Crippen LogP contribution in [0.5, 0.6) is 5.75 Å². The molecule has 0 spiro atoms. The average Bonchev–Trinajstić information content (AvgIpc) is 3.20. The number of unbranched alkanes of at least 4 members (excludes halogenated alkanes) is 1. The number of para-hydroxylation sites is 2. The van der Waals surface area contributed by atoms with Gasteiger partial charge in [0, 0.05) is 30.1 Å². The number of aromatic nitrogens is 2. The van der Waals surface area contributed by atoms with E-state index < -0.39 is 0 Å². The molecule has 4 aromatic rings. The van der Waals surface area contributed by atoms with E-state index in [9.17, 15) is 9.18 Å². The van der Waals surface area contributed by atoms with Crippen molar-refractivity contribution in [2.45, 2.75) is 39.7 Å². The minimum atomic E-state index is -0.362. The molecule has 35 heavy (non-hydrogen) atoms. The molecule has 1 aromatic heterocycles. The van der Waals surface area contributed by atoms with E-state index in [1.165, 1.54) is 24.3 Å². The third-order valence-corrected chi connectivity index (χ3v) is 6.53. The van der Waals surface area contributed by atoms with Crippen molar-refractivity contribution in [2.24, 2.45) is 0 Å². The van der Waals surface area contributed by atoms with E-state index in [-0.39, 0.29) is 11.7 Å². The number of ether oxygens (including phenoxy) is 1. The van der Waals surface area contributed by atoms with Crippen molar-refractivity contribution < 1.29 is 13.9 Å². The van der Waals surface area contributed by atoms with Gasteiger partial charge in [-0.25, -0.2) is 9.37 Å². The third kappa shape index (κ3) is 6.20. The van der Waals surface area contributed by atoms with Crippen LogP contribution in [0.3, 0.4) is 0 Å². The lowest BCUT2D eigenvalue weighted by Crippen LogP contribution is -2.26. The molecule has 0 atom stereocenters. The second-order valence-electron chi connectivity index (χ2n) is 8.61. The number of carbonyl (C=O) groups excluding carboxylic acids is 1. The van der Waals surface area contributed by atoms with Crippen molar-refractivity contribution in [1.82, 2.24) is 14.9 Å². The molecule has 1 heterocycles. The van der Waals surface area contributed by atoms with Crippen LogP contribution in [0.15, 0.2) is 60.7 Å². The summed E-state index contributed by atoms with van der Waals surface area (Å²) in [5, 5.41) is 3.68. The van der Waals surface area contributed by atoms with Crippen molar-refractivity contribution in [1.29, 1.82) is 0 Å². The van der Waals surface area contributed by atoms with Crippen LogP contribution in [0.2, 0.25) is 5.02 Å². The molecule has 7 heteroatoms. The Bertz CT molecular complexity index is 1290. The van der Waals surface area contributed by atoms with Gasteiger partial charge in [0.1, 0.15) is 17.4 Å². The van der Waals surface area contributed by atoms with E-state index in [1.54, 1.807) is 0 Å². The molecule has 182 valence electrons.